The number of nitrogens with zero attached hydrogens (tertiary/aromatic N) is 1. The third-order valence-electron chi connectivity index (χ3n) is 3.26. The highest BCUT2D eigenvalue weighted by Gasteiger charge is 2.22. The van der Waals surface area contributed by atoms with Gasteiger partial charge in [0.05, 0.1) is 24.8 Å². The Kier molecular flexibility index (Phi) is 5.63. The van der Waals surface area contributed by atoms with Crippen LogP contribution in [0.4, 0.5) is 0 Å². The molecule has 2 aromatic rings. The van der Waals surface area contributed by atoms with Gasteiger partial charge in [0.25, 0.3) is 0 Å². The first kappa shape index (κ1) is 16.1. The Morgan fingerprint density at radius 1 is 1.18 bits per heavy atom. The van der Waals surface area contributed by atoms with E-state index in [0.717, 1.165) is 11.3 Å². The average Bonchev–Trinajstić information content (AvgIpc) is 2.55. The molecule has 0 radical (unpaired) electrons. The molecule has 116 valence electrons. The van der Waals surface area contributed by atoms with Gasteiger partial charge in [-0.05, 0) is 24.6 Å². The minimum atomic E-state index is -1.19. The van der Waals surface area contributed by atoms with Crippen LogP contribution in [0.1, 0.15) is 25.0 Å². The maximum absolute atomic E-state index is 11.3. The van der Waals surface area contributed by atoms with Crippen LogP contribution < -0.4 is 0 Å². The summed E-state index contributed by atoms with van der Waals surface area (Å²) in [6, 6.07) is 12.7. The second kappa shape index (κ2) is 7.68. The van der Waals surface area contributed by atoms with Crippen LogP contribution in [-0.2, 0) is 9.53 Å². The van der Waals surface area contributed by atoms with E-state index in [1.165, 1.54) is 0 Å². The van der Waals surface area contributed by atoms with Crippen molar-refractivity contribution in [1.82, 2.24) is 4.98 Å². The van der Waals surface area contributed by atoms with Gasteiger partial charge in [0, 0.05) is 11.8 Å². The van der Waals surface area contributed by atoms with Gasteiger partial charge in [-0.1, -0.05) is 30.3 Å². The number of aliphatic hydroxyl groups is 2. The van der Waals surface area contributed by atoms with Crippen molar-refractivity contribution in [2.24, 2.45) is 0 Å². The lowest BCUT2D eigenvalue weighted by Crippen LogP contribution is -2.23. The summed E-state index contributed by atoms with van der Waals surface area (Å²) < 4.78 is 4.76. The largest absolute Gasteiger partial charge is 0.466 e. The van der Waals surface area contributed by atoms with Gasteiger partial charge in [-0.15, -0.1) is 0 Å². The average molecular weight is 301 g/mol. The molecule has 2 N–H and O–H groups in total. The van der Waals surface area contributed by atoms with E-state index in [0.29, 0.717) is 5.56 Å². The molecule has 1 aromatic heterocycles. The molecule has 2 unspecified atom stereocenters. The number of esters is 1. The van der Waals surface area contributed by atoms with Crippen molar-refractivity contribution in [3.05, 3.63) is 54.2 Å². The van der Waals surface area contributed by atoms with Gasteiger partial charge in [0.2, 0.25) is 0 Å². The topological polar surface area (TPSA) is 79.7 Å². The molecule has 0 saturated heterocycles. The molecular weight excluding hydrogens is 282 g/mol. The van der Waals surface area contributed by atoms with Crippen molar-refractivity contribution >= 4 is 5.97 Å². The van der Waals surface area contributed by atoms with Crippen molar-refractivity contribution in [3.63, 3.8) is 0 Å². The molecule has 0 aliphatic heterocycles. The second-order valence-electron chi connectivity index (χ2n) is 4.86. The molecule has 0 aliphatic rings. The van der Waals surface area contributed by atoms with Crippen LogP contribution in [0, 0.1) is 0 Å². The van der Waals surface area contributed by atoms with Gasteiger partial charge in [-0.25, -0.2) is 0 Å². The molecule has 1 aromatic carbocycles. The maximum Gasteiger partial charge on any atom is 0.308 e. The number of carbonyl (C=O) groups is 1. The normalized spacial score (nSPS) is 13.4. The molecule has 5 heteroatoms. The highest BCUT2D eigenvalue weighted by molar-refractivity contribution is 5.70. The van der Waals surface area contributed by atoms with Gasteiger partial charge in [0.1, 0.15) is 6.10 Å². The number of aromatic nitrogens is 1. The first-order valence-electron chi connectivity index (χ1n) is 7.15. The molecule has 0 bridgehead atoms. The van der Waals surface area contributed by atoms with Gasteiger partial charge in [-0.3, -0.25) is 9.78 Å². The van der Waals surface area contributed by atoms with Crippen molar-refractivity contribution < 1.29 is 19.7 Å². The third kappa shape index (κ3) is 4.13. The number of aliphatic hydroxyl groups excluding tert-OH is 2. The maximum atomic E-state index is 11.3. The van der Waals surface area contributed by atoms with Gasteiger partial charge < -0.3 is 14.9 Å². The van der Waals surface area contributed by atoms with Crippen LogP contribution in [0.5, 0.6) is 0 Å². The number of rotatable bonds is 6. The molecule has 0 aliphatic carbocycles. The lowest BCUT2D eigenvalue weighted by Gasteiger charge is -2.17. The van der Waals surface area contributed by atoms with E-state index in [9.17, 15) is 15.0 Å². The predicted molar refractivity (Wildman–Crippen MR) is 81.9 cm³/mol. The summed E-state index contributed by atoms with van der Waals surface area (Å²) in [4.78, 5) is 15.6. The minimum absolute atomic E-state index is 0.239. The van der Waals surface area contributed by atoms with Gasteiger partial charge in [-0.2, -0.15) is 0 Å². The molecule has 0 amide bonds. The number of ether oxygens (including phenoxy) is 1. The quantitative estimate of drug-likeness (QED) is 0.799. The van der Waals surface area contributed by atoms with Crippen molar-refractivity contribution in [2.75, 3.05) is 6.61 Å². The van der Waals surface area contributed by atoms with Crippen LogP contribution in [-0.4, -0.2) is 33.9 Å². The van der Waals surface area contributed by atoms with E-state index < -0.39 is 18.2 Å². The smallest absolute Gasteiger partial charge is 0.308 e. The highest BCUT2D eigenvalue weighted by Crippen LogP contribution is 2.23. The van der Waals surface area contributed by atoms with Crippen molar-refractivity contribution in [2.45, 2.75) is 25.6 Å². The van der Waals surface area contributed by atoms with E-state index in [4.69, 9.17) is 4.74 Å². The Labute approximate surface area is 129 Å². The Hall–Kier alpha value is -2.24. The molecule has 22 heavy (non-hydrogen) atoms. The minimum Gasteiger partial charge on any atom is -0.466 e. The fraction of sp³-hybridized carbons (Fsp3) is 0.294. The zero-order valence-corrected chi connectivity index (χ0v) is 12.3. The molecule has 0 spiro atoms. The molecule has 1 heterocycles. The Morgan fingerprint density at radius 3 is 2.50 bits per heavy atom. The molecule has 2 rings (SSSR count). The summed E-state index contributed by atoms with van der Waals surface area (Å²) in [6.45, 7) is 1.94. The van der Waals surface area contributed by atoms with E-state index in [1.807, 2.05) is 30.3 Å². The predicted octanol–water partition coefficient (Wildman–Crippen LogP) is 2.10. The first-order chi connectivity index (χ1) is 10.6. The Bertz CT molecular complexity index is 598. The van der Waals surface area contributed by atoms with Gasteiger partial charge in [0.15, 0.2) is 0 Å². The molecular formula is C17H19NO4. The lowest BCUT2D eigenvalue weighted by atomic mass is 10.00. The summed E-state index contributed by atoms with van der Waals surface area (Å²) in [5, 5.41) is 20.0. The third-order valence-corrected chi connectivity index (χ3v) is 3.26. The van der Waals surface area contributed by atoms with Gasteiger partial charge >= 0.3 is 5.97 Å². The number of carbonyl (C=O) groups excluding carboxylic acids is 1. The monoisotopic (exact) mass is 301 g/mol. The highest BCUT2D eigenvalue weighted by atomic mass is 16.5. The summed E-state index contributed by atoms with van der Waals surface area (Å²) in [7, 11) is 0. The van der Waals surface area contributed by atoms with Crippen LogP contribution in [0.25, 0.3) is 11.3 Å². The van der Waals surface area contributed by atoms with Crippen LogP contribution in [0.15, 0.2) is 48.7 Å². The molecule has 5 nitrogen and oxygen atoms in total. The van der Waals surface area contributed by atoms with Crippen LogP contribution >= 0.6 is 0 Å². The van der Waals surface area contributed by atoms with Crippen molar-refractivity contribution in [3.8, 4) is 11.3 Å². The standard InChI is InChI=1S/C17H19NO4/c1-2-22-16(20)11-15(19)17(21)13-8-6-12(7-9-13)14-5-3-4-10-18-14/h3-10,15,17,19,21H,2,11H2,1H3. The second-order valence-corrected chi connectivity index (χ2v) is 4.86. The Balaban J connectivity index is 2.05. The first-order valence-corrected chi connectivity index (χ1v) is 7.15. The zero-order chi connectivity index (χ0) is 15.9. The fourth-order valence-corrected chi connectivity index (χ4v) is 2.11. The van der Waals surface area contributed by atoms with E-state index in [-0.39, 0.29) is 13.0 Å². The fourth-order valence-electron chi connectivity index (χ4n) is 2.11. The molecule has 0 saturated carbocycles. The summed E-state index contributed by atoms with van der Waals surface area (Å²) in [5.74, 6) is -0.529. The van der Waals surface area contributed by atoms with Crippen LogP contribution in [0.2, 0.25) is 0 Å². The Morgan fingerprint density at radius 2 is 1.91 bits per heavy atom. The number of pyridine rings is 1. The molecule has 2 atom stereocenters. The van der Waals surface area contributed by atoms with E-state index >= 15 is 0 Å². The van der Waals surface area contributed by atoms with Crippen molar-refractivity contribution in [1.29, 1.82) is 0 Å². The van der Waals surface area contributed by atoms with E-state index in [2.05, 4.69) is 4.98 Å². The number of hydrogen-bond donors (Lipinski definition) is 2. The SMILES string of the molecule is CCOC(=O)CC(O)C(O)c1ccc(-c2ccccn2)cc1. The summed E-state index contributed by atoms with van der Waals surface area (Å²) in [6.07, 6.45) is -0.861. The number of benzene rings is 1. The van der Waals surface area contributed by atoms with E-state index in [1.54, 1.807) is 25.3 Å². The summed E-state index contributed by atoms with van der Waals surface area (Å²) >= 11 is 0. The number of hydrogen-bond acceptors (Lipinski definition) is 5. The molecule has 0 fully saturated rings. The lowest BCUT2D eigenvalue weighted by molar-refractivity contribution is -0.147. The zero-order valence-electron chi connectivity index (χ0n) is 12.3. The van der Waals surface area contributed by atoms with Crippen LogP contribution in [0.3, 0.4) is 0 Å². The summed E-state index contributed by atoms with van der Waals surface area (Å²) in [5.41, 5.74) is 2.28.